The first-order valence-corrected chi connectivity index (χ1v) is 5.95. The van der Waals surface area contributed by atoms with Crippen molar-refractivity contribution >= 4 is 28.6 Å². The Morgan fingerprint density at radius 3 is 3.00 bits per heavy atom. The van der Waals surface area contributed by atoms with Crippen LogP contribution in [0, 0.1) is 12.7 Å². The molecule has 16 heavy (non-hydrogen) atoms. The van der Waals surface area contributed by atoms with E-state index in [2.05, 4.69) is 10.3 Å². The minimum atomic E-state index is -0.210. The maximum absolute atomic E-state index is 13.6. The molecule has 2 rings (SSSR count). The van der Waals surface area contributed by atoms with Gasteiger partial charge in [0, 0.05) is 11.1 Å². The molecule has 84 valence electrons. The summed E-state index contributed by atoms with van der Waals surface area (Å²) >= 11 is 7.09. The van der Waals surface area contributed by atoms with E-state index in [4.69, 9.17) is 11.6 Å². The molecule has 2 nitrogen and oxygen atoms in total. The van der Waals surface area contributed by atoms with Gasteiger partial charge in [-0.1, -0.05) is 23.7 Å². The monoisotopic (exact) mass is 256 g/mol. The van der Waals surface area contributed by atoms with E-state index in [1.165, 1.54) is 11.3 Å². The van der Waals surface area contributed by atoms with Gasteiger partial charge in [-0.15, -0.1) is 11.3 Å². The fourth-order valence-corrected chi connectivity index (χ4v) is 2.25. The molecule has 1 aromatic carbocycles. The highest BCUT2D eigenvalue weighted by Crippen LogP contribution is 2.21. The molecular formula is C11H10ClFN2S. The molecule has 0 fully saturated rings. The highest BCUT2D eigenvalue weighted by molar-refractivity contribution is 7.15. The summed E-state index contributed by atoms with van der Waals surface area (Å²) in [5, 5.41) is 3.02. The number of benzene rings is 1. The first-order chi connectivity index (χ1) is 7.66. The Morgan fingerprint density at radius 2 is 2.31 bits per heavy atom. The minimum absolute atomic E-state index is 0.210. The van der Waals surface area contributed by atoms with Gasteiger partial charge >= 0.3 is 0 Å². The van der Waals surface area contributed by atoms with Crippen LogP contribution in [0.2, 0.25) is 4.47 Å². The molecular weight excluding hydrogens is 247 g/mol. The highest BCUT2D eigenvalue weighted by Gasteiger charge is 2.05. The van der Waals surface area contributed by atoms with Crippen molar-refractivity contribution in [3.63, 3.8) is 0 Å². The average Bonchev–Trinajstić information content (AvgIpc) is 2.67. The zero-order valence-electron chi connectivity index (χ0n) is 8.63. The van der Waals surface area contributed by atoms with E-state index in [9.17, 15) is 4.39 Å². The average molecular weight is 257 g/mol. The van der Waals surface area contributed by atoms with Crippen molar-refractivity contribution in [2.45, 2.75) is 13.5 Å². The second-order valence-corrected chi connectivity index (χ2v) is 5.07. The number of thiazole rings is 1. The van der Waals surface area contributed by atoms with Gasteiger partial charge in [-0.3, -0.25) is 0 Å². The summed E-state index contributed by atoms with van der Waals surface area (Å²) in [7, 11) is 0. The number of nitrogens with zero attached hydrogens (tertiary/aromatic N) is 1. The molecule has 0 aliphatic rings. The lowest BCUT2D eigenvalue weighted by atomic mass is 10.2. The number of rotatable bonds is 3. The molecule has 0 aliphatic heterocycles. The van der Waals surface area contributed by atoms with Crippen molar-refractivity contribution < 1.29 is 4.39 Å². The van der Waals surface area contributed by atoms with Crippen LogP contribution in [-0.4, -0.2) is 4.98 Å². The van der Waals surface area contributed by atoms with Gasteiger partial charge in [0.2, 0.25) is 0 Å². The summed E-state index contributed by atoms with van der Waals surface area (Å²) in [6.07, 6.45) is 1.69. The predicted octanol–water partition coefficient (Wildman–Crippen LogP) is 3.86. The van der Waals surface area contributed by atoms with Crippen LogP contribution in [0.5, 0.6) is 0 Å². The summed E-state index contributed by atoms with van der Waals surface area (Å²) in [5.74, 6) is -0.210. The molecule has 0 bridgehead atoms. The molecule has 0 amide bonds. The van der Waals surface area contributed by atoms with E-state index in [0.29, 0.717) is 22.3 Å². The van der Waals surface area contributed by atoms with Gasteiger partial charge in [0.1, 0.15) is 5.82 Å². The third kappa shape index (κ3) is 2.51. The van der Waals surface area contributed by atoms with Crippen molar-refractivity contribution in [3.05, 3.63) is 45.1 Å². The number of aromatic nitrogens is 1. The van der Waals surface area contributed by atoms with Gasteiger partial charge < -0.3 is 5.32 Å². The van der Waals surface area contributed by atoms with Gasteiger partial charge in [-0.2, -0.15) is 0 Å². The van der Waals surface area contributed by atoms with Gasteiger partial charge in [-0.05, 0) is 18.6 Å². The molecule has 0 unspecified atom stereocenters. The van der Waals surface area contributed by atoms with Crippen molar-refractivity contribution in [2.75, 3.05) is 5.32 Å². The summed E-state index contributed by atoms with van der Waals surface area (Å²) in [4.78, 5) is 4.90. The number of aryl methyl sites for hydroxylation is 1. The van der Waals surface area contributed by atoms with Crippen molar-refractivity contribution in [2.24, 2.45) is 0 Å². The normalized spacial score (nSPS) is 10.4. The van der Waals surface area contributed by atoms with Gasteiger partial charge in [0.25, 0.3) is 0 Å². The van der Waals surface area contributed by atoms with Crippen LogP contribution in [0.3, 0.4) is 0 Å². The minimum Gasteiger partial charge on any atom is -0.378 e. The van der Waals surface area contributed by atoms with E-state index in [1.54, 1.807) is 25.3 Å². The molecule has 0 saturated heterocycles. The first-order valence-electron chi connectivity index (χ1n) is 4.76. The number of hydrogen-bond acceptors (Lipinski definition) is 3. The summed E-state index contributed by atoms with van der Waals surface area (Å²) in [6, 6.07) is 5.27. The lowest BCUT2D eigenvalue weighted by Gasteiger charge is -2.07. The molecule has 0 radical (unpaired) electrons. The van der Waals surface area contributed by atoms with Crippen LogP contribution in [0.1, 0.15) is 10.4 Å². The second kappa shape index (κ2) is 4.80. The van der Waals surface area contributed by atoms with E-state index < -0.39 is 0 Å². The van der Waals surface area contributed by atoms with Crippen LogP contribution in [-0.2, 0) is 6.54 Å². The number of anilines is 1. The first kappa shape index (κ1) is 11.4. The zero-order valence-corrected chi connectivity index (χ0v) is 10.2. The molecule has 0 atom stereocenters. The van der Waals surface area contributed by atoms with E-state index in [-0.39, 0.29) is 5.82 Å². The van der Waals surface area contributed by atoms with E-state index in [1.807, 2.05) is 6.07 Å². The summed E-state index contributed by atoms with van der Waals surface area (Å²) in [5.41, 5.74) is 1.14. The highest BCUT2D eigenvalue weighted by atomic mass is 35.5. The van der Waals surface area contributed by atoms with Crippen LogP contribution in [0.25, 0.3) is 0 Å². The lowest BCUT2D eigenvalue weighted by Crippen LogP contribution is -2.00. The molecule has 0 spiro atoms. The topological polar surface area (TPSA) is 24.9 Å². The lowest BCUT2D eigenvalue weighted by molar-refractivity contribution is 0.621. The maximum atomic E-state index is 13.6. The molecule has 0 saturated carbocycles. The Balaban J connectivity index is 2.07. The Kier molecular flexibility index (Phi) is 3.41. The standard InChI is InChI=1S/C11H10ClFN2S/c1-7-3-2-4-9(10(7)13)14-5-8-6-15-11(12)16-8/h2-4,6,14H,5H2,1H3. The number of nitrogens with one attached hydrogen (secondary N) is 1. The quantitative estimate of drug-likeness (QED) is 0.902. The van der Waals surface area contributed by atoms with Gasteiger partial charge in [0.15, 0.2) is 4.47 Å². The molecule has 1 aromatic heterocycles. The maximum Gasteiger partial charge on any atom is 0.183 e. The SMILES string of the molecule is Cc1cccc(NCc2cnc(Cl)s2)c1F. The van der Waals surface area contributed by atoms with Crippen LogP contribution in [0.4, 0.5) is 10.1 Å². The molecule has 5 heteroatoms. The molecule has 1 heterocycles. The Bertz CT molecular complexity index is 498. The van der Waals surface area contributed by atoms with Crippen molar-refractivity contribution in [1.82, 2.24) is 4.98 Å². The summed E-state index contributed by atoms with van der Waals surface area (Å²) < 4.78 is 14.1. The van der Waals surface area contributed by atoms with Crippen LogP contribution < -0.4 is 5.32 Å². The molecule has 1 N–H and O–H groups in total. The molecule has 2 aromatic rings. The number of halogens is 2. The van der Waals surface area contributed by atoms with E-state index in [0.717, 1.165) is 4.88 Å². The molecule has 0 aliphatic carbocycles. The fourth-order valence-electron chi connectivity index (χ4n) is 1.33. The third-order valence-corrected chi connectivity index (χ3v) is 3.29. The Morgan fingerprint density at radius 1 is 1.50 bits per heavy atom. The van der Waals surface area contributed by atoms with E-state index >= 15 is 0 Å². The predicted molar refractivity (Wildman–Crippen MR) is 65.6 cm³/mol. The largest absolute Gasteiger partial charge is 0.378 e. The van der Waals surface area contributed by atoms with Gasteiger partial charge in [-0.25, -0.2) is 9.37 Å². The second-order valence-electron chi connectivity index (χ2n) is 3.37. The zero-order chi connectivity index (χ0) is 11.5. The smallest absolute Gasteiger partial charge is 0.183 e. The Hall–Kier alpha value is -1.13. The Labute approximate surface area is 102 Å². The van der Waals surface area contributed by atoms with Crippen LogP contribution in [0.15, 0.2) is 24.4 Å². The third-order valence-electron chi connectivity index (χ3n) is 2.17. The van der Waals surface area contributed by atoms with Crippen molar-refractivity contribution in [3.8, 4) is 0 Å². The van der Waals surface area contributed by atoms with Crippen LogP contribution >= 0.6 is 22.9 Å². The number of hydrogen-bond donors (Lipinski definition) is 1. The van der Waals surface area contributed by atoms with Gasteiger partial charge in [0.05, 0.1) is 12.2 Å². The summed E-state index contributed by atoms with van der Waals surface area (Å²) in [6.45, 7) is 2.27. The van der Waals surface area contributed by atoms with Crippen molar-refractivity contribution in [1.29, 1.82) is 0 Å². The fraction of sp³-hybridized carbons (Fsp3) is 0.182.